The number of benzene rings is 1. The normalized spacial score (nSPS) is 10.9. The molecule has 1 aromatic heterocycles. The average molecular weight is 443 g/mol. The Hall–Kier alpha value is -1.77. The number of aliphatic imine (C=N–C) groups is 1. The molecule has 1 heterocycles. The first kappa shape index (κ1) is 20.3. The smallest absolute Gasteiger partial charge is 0.191 e. The Kier molecular flexibility index (Phi) is 9.21. The minimum atomic E-state index is 0. The van der Waals surface area contributed by atoms with Crippen LogP contribution < -0.4 is 15.4 Å². The van der Waals surface area contributed by atoms with Crippen LogP contribution in [0.5, 0.6) is 5.75 Å². The lowest BCUT2D eigenvalue weighted by molar-refractivity contribution is 0.408. The van der Waals surface area contributed by atoms with Crippen molar-refractivity contribution in [2.45, 2.75) is 26.4 Å². The molecule has 0 fully saturated rings. The minimum absolute atomic E-state index is 0. The molecule has 2 aromatic rings. The van der Waals surface area contributed by atoms with Gasteiger partial charge in [-0.1, -0.05) is 12.1 Å². The third-order valence-corrected chi connectivity index (χ3v) is 3.56. The number of methoxy groups -OCH3 is 1. The van der Waals surface area contributed by atoms with Gasteiger partial charge in [0.2, 0.25) is 0 Å². The molecule has 2 rings (SSSR count). The fraction of sp³-hybridized carbons (Fsp3) is 0.412. The first-order chi connectivity index (χ1) is 11.2. The number of ether oxygens (including phenoxy) is 1. The van der Waals surface area contributed by atoms with E-state index in [1.165, 1.54) is 5.56 Å². The van der Waals surface area contributed by atoms with Crippen molar-refractivity contribution in [1.29, 1.82) is 0 Å². The molecule has 0 saturated heterocycles. The first-order valence-electron chi connectivity index (χ1n) is 7.76. The molecule has 6 nitrogen and oxygen atoms in total. The number of nitrogens with zero attached hydrogens (tertiary/aromatic N) is 3. The van der Waals surface area contributed by atoms with Crippen molar-refractivity contribution in [2.75, 3.05) is 20.7 Å². The van der Waals surface area contributed by atoms with Gasteiger partial charge in [0.25, 0.3) is 0 Å². The second-order valence-electron chi connectivity index (χ2n) is 5.32. The molecular formula is C17H26IN5O. The lowest BCUT2D eigenvalue weighted by atomic mass is 10.1. The van der Waals surface area contributed by atoms with Crippen molar-refractivity contribution >= 4 is 29.9 Å². The summed E-state index contributed by atoms with van der Waals surface area (Å²) in [6, 6.07) is 6.20. The summed E-state index contributed by atoms with van der Waals surface area (Å²) in [5.74, 6) is 1.69. The maximum absolute atomic E-state index is 5.42. The number of guanidine groups is 1. The van der Waals surface area contributed by atoms with Crippen LogP contribution in [-0.4, -0.2) is 36.2 Å². The Morgan fingerprint density at radius 3 is 2.83 bits per heavy atom. The molecule has 0 amide bonds. The number of rotatable bonds is 7. The fourth-order valence-corrected chi connectivity index (χ4v) is 2.28. The van der Waals surface area contributed by atoms with Gasteiger partial charge in [-0.05, 0) is 25.0 Å². The van der Waals surface area contributed by atoms with Crippen LogP contribution in [0.2, 0.25) is 0 Å². The summed E-state index contributed by atoms with van der Waals surface area (Å²) in [5, 5.41) is 6.63. The predicted molar refractivity (Wildman–Crippen MR) is 108 cm³/mol. The van der Waals surface area contributed by atoms with Crippen LogP contribution in [-0.2, 0) is 13.1 Å². The van der Waals surface area contributed by atoms with Gasteiger partial charge in [0, 0.05) is 44.6 Å². The summed E-state index contributed by atoms with van der Waals surface area (Å²) in [6.45, 7) is 4.52. The van der Waals surface area contributed by atoms with Crippen molar-refractivity contribution in [1.82, 2.24) is 20.2 Å². The standard InChI is InChI=1S/C17H25N5O.HI/c1-14-5-6-15(16(11-14)23-3)12-21-17(18-2)20-7-4-9-22-10-8-19-13-22;/h5-6,8,10-11,13H,4,7,9,12H2,1-3H3,(H2,18,20,21);1H. The van der Waals surface area contributed by atoms with E-state index in [0.717, 1.165) is 36.8 Å². The van der Waals surface area contributed by atoms with Gasteiger partial charge in [-0.3, -0.25) is 4.99 Å². The lowest BCUT2D eigenvalue weighted by Gasteiger charge is -2.14. The molecule has 1 aromatic carbocycles. The number of hydrogen-bond acceptors (Lipinski definition) is 3. The van der Waals surface area contributed by atoms with Gasteiger partial charge < -0.3 is 19.9 Å². The van der Waals surface area contributed by atoms with E-state index in [9.17, 15) is 0 Å². The van der Waals surface area contributed by atoms with E-state index in [1.807, 2.05) is 18.6 Å². The van der Waals surface area contributed by atoms with E-state index in [4.69, 9.17) is 4.74 Å². The van der Waals surface area contributed by atoms with Gasteiger partial charge in [0.15, 0.2) is 5.96 Å². The molecule has 0 aliphatic rings. The van der Waals surface area contributed by atoms with Gasteiger partial charge in [-0.2, -0.15) is 0 Å². The molecule has 7 heteroatoms. The van der Waals surface area contributed by atoms with Crippen LogP contribution in [0.3, 0.4) is 0 Å². The zero-order valence-corrected chi connectivity index (χ0v) is 16.8. The van der Waals surface area contributed by atoms with E-state index in [0.29, 0.717) is 6.54 Å². The third kappa shape index (κ3) is 6.38. The average Bonchev–Trinajstić information content (AvgIpc) is 3.08. The van der Waals surface area contributed by atoms with Crippen molar-refractivity contribution in [3.63, 3.8) is 0 Å². The highest BCUT2D eigenvalue weighted by atomic mass is 127. The molecule has 24 heavy (non-hydrogen) atoms. The van der Waals surface area contributed by atoms with Crippen molar-refractivity contribution in [3.05, 3.63) is 48.0 Å². The number of imidazole rings is 1. The zero-order valence-electron chi connectivity index (χ0n) is 14.5. The van der Waals surface area contributed by atoms with Gasteiger partial charge in [0.1, 0.15) is 5.75 Å². The second kappa shape index (κ2) is 10.9. The fourth-order valence-electron chi connectivity index (χ4n) is 2.28. The largest absolute Gasteiger partial charge is 0.496 e. The molecule has 0 radical (unpaired) electrons. The minimum Gasteiger partial charge on any atom is -0.496 e. The first-order valence-corrected chi connectivity index (χ1v) is 7.76. The number of aryl methyl sites for hydroxylation is 2. The van der Waals surface area contributed by atoms with E-state index < -0.39 is 0 Å². The summed E-state index contributed by atoms with van der Waals surface area (Å²) in [7, 11) is 3.47. The Balaban J connectivity index is 0.00000288. The van der Waals surface area contributed by atoms with Crippen LogP contribution >= 0.6 is 24.0 Å². The maximum atomic E-state index is 5.42. The molecule has 0 aliphatic carbocycles. The molecule has 0 atom stereocenters. The quantitative estimate of drug-likeness (QED) is 0.299. The topological polar surface area (TPSA) is 63.5 Å². The molecule has 0 saturated carbocycles. The van der Waals surface area contributed by atoms with E-state index in [2.05, 4.69) is 44.2 Å². The highest BCUT2D eigenvalue weighted by molar-refractivity contribution is 14.0. The summed E-state index contributed by atoms with van der Waals surface area (Å²) in [5.41, 5.74) is 2.30. The summed E-state index contributed by atoms with van der Waals surface area (Å²) in [4.78, 5) is 8.28. The highest BCUT2D eigenvalue weighted by Crippen LogP contribution is 2.19. The van der Waals surface area contributed by atoms with Crippen molar-refractivity contribution < 1.29 is 4.74 Å². The Morgan fingerprint density at radius 2 is 2.17 bits per heavy atom. The zero-order chi connectivity index (χ0) is 16.5. The molecule has 0 spiro atoms. The number of halogens is 1. The lowest BCUT2D eigenvalue weighted by Crippen LogP contribution is -2.37. The summed E-state index contributed by atoms with van der Waals surface area (Å²) < 4.78 is 7.49. The third-order valence-electron chi connectivity index (χ3n) is 3.56. The summed E-state index contributed by atoms with van der Waals surface area (Å²) in [6.07, 6.45) is 6.60. The van der Waals surface area contributed by atoms with E-state index in [1.54, 1.807) is 20.4 Å². The van der Waals surface area contributed by atoms with Gasteiger partial charge in [-0.25, -0.2) is 4.98 Å². The summed E-state index contributed by atoms with van der Waals surface area (Å²) >= 11 is 0. The monoisotopic (exact) mass is 443 g/mol. The molecular weight excluding hydrogens is 417 g/mol. The van der Waals surface area contributed by atoms with Crippen molar-refractivity contribution in [2.24, 2.45) is 4.99 Å². The predicted octanol–water partition coefficient (Wildman–Crippen LogP) is 2.57. The van der Waals surface area contributed by atoms with E-state index >= 15 is 0 Å². The molecule has 0 bridgehead atoms. The van der Waals surface area contributed by atoms with Gasteiger partial charge in [0.05, 0.1) is 13.4 Å². The van der Waals surface area contributed by atoms with Crippen LogP contribution in [0.25, 0.3) is 0 Å². The van der Waals surface area contributed by atoms with Crippen LogP contribution in [0.4, 0.5) is 0 Å². The maximum Gasteiger partial charge on any atom is 0.191 e. The SMILES string of the molecule is CN=C(NCCCn1ccnc1)NCc1ccc(C)cc1OC.I. The van der Waals surface area contributed by atoms with Crippen molar-refractivity contribution in [3.8, 4) is 5.75 Å². The molecule has 0 aliphatic heterocycles. The van der Waals surface area contributed by atoms with Gasteiger partial charge >= 0.3 is 0 Å². The number of hydrogen-bond donors (Lipinski definition) is 2. The highest BCUT2D eigenvalue weighted by Gasteiger charge is 2.04. The van der Waals surface area contributed by atoms with Gasteiger partial charge in [-0.15, -0.1) is 24.0 Å². The Morgan fingerprint density at radius 1 is 1.33 bits per heavy atom. The second-order valence-corrected chi connectivity index (χ2v) is 5.32. The Bertz CT molecular complexity index is 628. The van der Waals surface area contributed by atoms with E-state index in [-0.39, 0.29) is 24.0 Å². The number of aromatic nitrogens is 2. The van der Waals surface area contributed by atoms with Crippen LogP contribution in [0.15, 0.2) is 41.9 Å². The molecule has 2 N–H and O–H groups in total. The Labute approximate surface area is 160 Å². The molecule has 132 valence electrons. The van der Waals surface area contributed by atoms with Crippen LogP contribution in [0.1, 0.15) is 17.5 Å². The number of nitrogens with one attached hydrogen (secondary N) is 2. The van der Waals surface area contributed by atoms with Crippen LogP contribution in [0, 0.1) is 6.92 Å². The molecule has 0 unspecified atom stereocenters.